The Morgan fingerprint density at radius 1 is 0.476 bits per heavy atom. The highest BCUT2D eigenvalue weighted by molar-refractivity contribution is 5.99. The number of methoxy groups -OCH3 is 7. The second-order valence-corrected chi connectivity index (χ2v) is 25.2. The molecule has 0 spiro atoms. The van der Waals surface area contributed by atoms with Crippen molar-refractivity contribution in [1.82, 2.24) is 37.2 Å². The molecule has 0 aromatic heterocycles. The zero-order chi connectivity index (χ0) is 73.6. The first-order valence-electron chi connectivity index (χ1n) is 32.5. The van der Waals surface area contributed by atoms with Gasteiger partial charge in [0.25, 0.3) is 0 Å². The number of hydrogen-bond donors (Lipinski definition) is 9. The second kappa shape index (κ2) is 31.3. The average molecular weight is 1420 g/mol. The van der Waals surface area contributed by atoms with Gasteiger partial charge < -0.3 is 109 Å². The van der Waals surface area contributed by atoms with Crippen molar-refractivity contribution in [3.05, 3.63) is 166 Å². The minimum atomic E-state index is -2.01. The van der Waals surface area contributed by atoms with Gasteiger partial charge in [-0.1, -0.05) is 36.4 Å². The van der Waals surface area contributed by atoms with E-state index in [0.29, 0.717) is 16.7 Å². The third-order valence-corrected chi connectivity index (χ3v) is 17.4. The van der Waals surface area contributed by atoms with Crippen LogP contribution in [0.15, 0.2) is 121 Å². The Bertz CT molecular complexity index is 4370. The lowest BCUT2D eigenvalue weighted by atomic mass is 9.89. The number of hydrogen-bond acceptors (Lipinski definition) is 22. The van der Waals surface area contributed by atoms with Crippen molar-refractivity contribution in [3.8, 4) is 80.1 Å². The molecule has 9 N–H and O–H groups in total. The van der Waals surface area contributed by atoms with Gasteiger partial charge in [0.2, 0.25) is 41.2 Å². The van der Waals surface area contributed by atoms with E-state index in [1.165, 1.54) is 147 Å². The minimum Gasteiger partial charge on any atom is -0.497 e. The summed E-state index contributed by atoms with van der Waals surface area (Å²) in [5, 5.41) is 44.5. The first-order chi connectivity index (χ1) is 49.4. The van der Waals surface area contributed by atoms with Gasteiger partial charge in [-0.25, -0.2) is 4.79 Å². The summed E-state index contributed by atoms with van der Waals surface area (Å²) >= 11 is 0. The summed E-state index contributed by atoms with van der Waals surface area (Å²) in [6.45, 7) is 6.42. The van der Waals surface area contributed by atoms with E-state index in [9.17, 15) is 15.0 Å². The maximum absolute atomic E-state index is 16.3. The van der Waals surface area contributed by atoms with Gasteiger partial charge >= 0.3 is 6.09 Å². The number of fused-ring (bicyclic) bond motifs is 14. The number of carbonyl (C=O) groups excluding carboxylic acids is 7. The molecular weight excluding hydrogens is 1340 g/mol. The standard InChI is InChI=1S/C74H79N7O22/c1-36-51(95-9)28-41-29-52(36)102-53-27-40(17-23-50(53)94-8)59(81-73(90)103-74(2,3)4)68(85)80-63-65(83)38-14-20-44(21-15-38)101-56-31-42-30-55(66(56)97-11)100-43-18-12-37(13-19-43)64(82)62-71(88)75-48(34-99-35-98-25-24-91-5)46-32-45(92-6)33-54(96-10)57(46)47-26-39(16-22-49(47)93-7)58(67(84)79-62)76-69(86)61(42)77-70(87)60(41)78-72(63)89/h12-23,26-33,48,58-65,82-83H,24-25,34-35H2,1-11H3,(H,75,88)(H,76,86)(H,77,87)(H,78,89)(H,79,84)(H,80,85)(H,81,90)/t48-,58-,59+,60+,61-,62?,63-,64-,65-/m1/s1. The van der Waals surface area contributed by atoms with Crippen LogP contribution in [0.4, 0.5) is 4.79 Å². The molecule has 0 fully saturated rings. The molecule has 7 aromatic carbocycles. The fraction of sp³-hybridized carbons (Fsp3) is 0.338. The summed E-state index contributed by atoms with van der Waals surface area (Å²) in [6, 6.07) is 16.9. The van der Waals surface area contributed by atoms with Crippen LogP contribution in [0, 0.1) is 6.92 Å². The van der Waals surface area contributed by atoms with Crippen LogP contribution in [-0.4, -0.2) is 146 Å². The van der Waals surface area contributed by atoms with E-state index >= 15 is 28.8 Å². The molecule has 6 aliphatic rings. The molecule has 0 radical (unpaired) electrons. The molecule has 29 nitrogen and oxygen atoms in total. The van der Waals surface area contributed by atoms with Crippen molar-refractivity contribution in [3.63, 3.8) is 0 Å². The second-order valence-electron chi connectivity index (χ2n) is 25.2. The fourth-order valence-corrected chi connectivity index (χ4v) is 12.3. The van der Waals surface area contributed by atoms with Gasteiger partial charge in [-0.05, 0) is 146 Å². The number of carbonyl (C=O) groups is 7. The van der Waals surface area contributed by atoms with E-state index in [0.717, 1.165) is 0 Å². The van der Waals surface area contributed by atoms with E-state index in [1.807, 2.05) is 0 Å². The number of alkyl carbamates (subject to hydrolysis) is 1. The van der Waals surface area contributed by atoms with E-state index in [-0.39, 0.29) is 135 Å². The highest BCUT2D eigenvalue weighted by Gasteiger charge is 2.42. The Hall–Kier alpha value is -11.4. The quantitative estimate of drug-likeness (QED) is 0.0378. The molecule has 13 rings (SSSR count). The van der Waals surface area contributed by atoms with Crippen LogP contribution in [-0.2, 0) is 47.7 Å². The molecule has 0 saturated carbocycles. The van der Waals surface area contributed by atoms with E-state index < -0.39 is 102 Å². The number of benzene rings is 7. The molecule has 6 aliphatic heterocycles. The molecule has 9 atom stereocenters. The third kappa shape index (κ3) is 15.9. The molecule has 103 heavy (non-hydrogen) atoms. The summed E-state index contributed by atoms with van der Waals surface area (Å²) in [6.07, 6.45) is -4.82. The first-order valence-corrected chi connectivity index (χ1v) is 32.5. The molecule has 542 valence electrons. The lowest BCUT2D eigenvalue weighted by molar-refractivity contribution is -0.137. The SMILES string of the molecule is COCCOCOC[C@H]1NC(=O)C2NC(=O)[C@H](NC(=O)[C@@H]3NC(=O)[C@H]4NC(=O)[C@H](NC(=O)[C@@H](NC(=O)OC(C)(C)C)c5ccc(OC)c(c5)Oc5cc4cc(OC)c5C)[C@H](O)c4ccc(cc4)Oc4cc3cc(c4OC)Oc3ccc(cc3)[C@H]2O)c2ccc(OC)c(c2)-c2c(OC)cc(OC)cc21. The number of amides is 7. The normalized spacial score (nSPS) is 20.9. The van der Waals surface area contributed by atoms with Crippen molar-refractivity contribution in [2.75, 3.05) is 76.4 Å². The van der Waals surface area contributed by atoms with Crippen LogP contribution in [0.3, 0.4) is 0 Å². The lowest BCUT2D eigenvalue weighted by Gasteiger charge is -2.32. The third-order valence-electron chi connectivity index (χ3n) is 17.4. The van der Waals surface area contributed by atoms with E-state index in [2.05, 4.69) is 37.2 Å². The van der Waals surface area contributed by atoms with Crippen molar-refractivity contribution in [1.29, 1.82) is 0 Å². The molecule has 17 bridgehead atoms. The molecule has 0 aliphatic carbocycles. The number of aliphatic hydroxyl groups excluding tert-OH is 2. The Morgan fingerprint density at radius 2 is 0.990 bits per heavy atom. The smallest absolute Gasteiger partial charge is 0.408 e. The number of aliphatic hydroxyl groups is 2. The summed E-state index contributed by atoms with van der Waals surface area (Å²) in [7, 11) is 9.85. The van der Waals surface area contributed by atoms with Gasteiger partial charge in [-0.15, -0.1) is 0 Å². The number of nitrogens with one attached hydrogen (secondary N) is 7. The maximum atomic E-state index is 16.3. The molecule has 6 heterocycles. The maximum Gasteiger partial charge on any atom is 0.408 e. The number of ether oxygens (including phenoxy) is 13. The summed E-state index contributed by atoms with van der Waals surface area (Å²) < 4.78 is 77.8. The van der Waals surface area contributed by atoms with Gasteiger partial charge in [-0.2, -0.15) is 0 Å². The average Bonchev–Trinajstić information content (AvgIpc) is 0.770. The lowest BCUT2D eigenvalue weighted by Crippen LogP contribution is -2.56. The van der Waals surface area contributed by atoms with Gasteiger partial charge in [0.1, 0.15) is 101 Å². The Labute approximate surface area is 591 Å². The molecule has 7 amide bonds. The number of rotatable bonds is 14. The zero-order valence-electron chi connectivity index (χ0n) is 58.1. The fourth-order valence-electron chi connectivity index (χ4n) is 12.3. The van der Waals surface area contributed by atoms with Gasteiger partial charge in [-0.3, -0.25) is 28.8 Å². The molecule has 29 heteroatoms. The highest BCUT2D eigenvalue weighted by atomic mass is 16.7. The zero-order valence-corrected chi connectivity index (χ0v) is 58.1. The van der Waals surface area contributed by atoms with Crippen molar-refractivity contribution in [2.45, 2.75) is 87.8 Å². The van der Waals surface area contributed by atoms with Gasteiger partial charge in [0.15, 0.2) is 23.0 Å². The van der Waals surface area contributed by atoms with Crippen LogP contribution < -0.4 is 79.8 Å². The van der Waals surface area contributed by atoms with Gasteiger partial charge in [0.05, 0.1) is 68.5 Å². The topological polar surface area (TPSA) is 364 Å². The van der Waals surface area contributed by atoms with Crippen LogP contribution in [0.1, 0.15) is 108 Å². The molecular formula is C74H79N7O22. The predicted octanol–water partition coefficient (Wildman–Crippen LogP) is 7.41. The van der Waals surface area contributed by atoms with Crippen molar-refractivity contribution < 1.29 is 105 Å². The Balaban J connectivity index is 1.13. The highest BCUT2D eigenvalue weighted by Crippen LogP contribution is 2.48. The Kier molecular flexibility index (Phi) is 22.1. The van der Waals surface area contributed by atoms with Crippen LogP contribution in [0.2, 0.25) is 0 Å². The molecule has 1 unspecified atom stereocenters. The van der Waals surface area contributed by atoms with Crippen molar-refractivity contribution >= 4 is 41.5 Å². The summed E-state index contributed by atoms with van der Waals surface area (Å²) in [4.78, 5) is 108. The van der Waals surface area contributed by atoms with Crippen molar-refractivity contribution in [2.24, 2.45) is 0 Å². The van der Waals surface area contributed by atoms with Crippen LogP contribution in [0.25, 0.3) is 11.1 Å². The van der Waals surface area contributed by atoms with E-state index in [4.69, 9.17) is 61.6 Å². The van der Waals surface area contributed by atoms with E-state index in [1.54, 1.807) is 52.0 Å². The van der Waals surface area contributed by atoms with Gasteiger partial charge in [0, 0.05) is 29.9 Å². The first kappa shape index (κ1) is 72.9. The summed E-state index contributed by atoms with van der Waals surface area (Å²) in [5.74, 6) is -5.66. The largest absolute Gasteiger partial charge is 0.497 e. The monoisotopic (exact) mass is 1420 g/mol. The van der Waals surface area contributed by atoms with Crippen LogP contribution in [0.5, 0.6) is 69.0 Å². The minimum absolute atomic E-state index is 0.00677. The van der Waals surface area contributed by atoms with Crippen LogP contribution >= 0.6 is 0 Å². The predicted molar refractivity (Wildman–Crippen MR) is 366 cm³/mol. The summed E-state index contributed by atoms with van der Waals surface area (Å²) in [5.41, 5.74) is 0.366. The Morgan fingerprint density at radius 3 is 1.56 bits per heavy atom. The molecule has 0 saturated heterocycles. The molecule has 7 aromatic rings.